The lowest BCUT2D eigenvalue weighted by atomic mass is 10.1. The fourth-order valence-electron chi connectivity index (χ4n) is 2.65. The number of nitrogens with zero attached hydrogens (tertiary/aromatic N) is 2. The third-order valence-corrected chi connectivity index (χ3v) is 3.87. The summed E-state index contributed by atoms with van der Waals surface area (Å²) in [4.78, 5) is 18.5. The van der Waals surface area contributed by atoms with Gasteiger partial charge in [-0.05, 0) is 37.4 Å². The molecular weight excluding hydrogens is 266 g/mol. The molecule has 0 aromatic carbocycles. The van der Waals surface area contributed by atoms with Crippen molar-refractivity contribution in [2.75, 3.05) is 33.4 Å². The Morgan fingerprint density at radius 2 is 2.48 bits per heavy atom. The molecule has 0 saturated carbocycles. The van der Waals surface area contributed by atoms with Gasteiger partial charge in [-0.1, -0.05) is 6.07 Å². The van der Waals surface area contributed by atoms with Crippen molar-refractivity contribution in [2.45, 2.75) is 31.7 Å². The van der Waals surface area contributed by atoms with Crippen LogP contribution in [0.4, 0.5) is 0 Å². The molecule has 1 atom stereocenters. The molecule has 1 aliphatic heterocycles. The summed E-state index contributed by atoms with van der Waals surface area (Å²) in [6, 6.07) is 4.35. The van der Waals surface area contributed by atoms with Crippen molar-refractivity contribution in [1.29, 1.82) is 0 Å². The number of carbonyl (C=O) groups is 1. The average molecular weight is 291 g/mol. The van der Waals surface area contributed by atoms with E-state index in [0.29, 0.717) is 25.6 Å². The van der Waals surface area contributed by atoms with E-state index in [-0.39, 0.29) is 5.91 Å². The van der Waals surface area contributed by atoms with Crippen LogP contribution in [0, 0.1) is 0 Å². The second-order valence-electron chi connectivity index (χ2n) is 5.49. The topological polar surface area (TPSA) is 54.5 Å². The molecule has 1 saturated heterocycles. The molecular formula is C16H25N3O2. The van der Waals surface area contributed by atoms with Gasteiger partial charge in [-0.3, -0.25) is 9.78 Å². The summed E-state index contributed by atoms with van der Waals surface area (Å²) >= 11 is 0. The largest absolute Gasteiger partial charge is 0.383 e. The lowest BCUT2D eigenvalue weighted by Crippen LogP contribution is -2.42. The van der Waals surface area contributed by atoms with Gasteiger partial charge in [0.25, 0.3) is 0 Å². The van der Waals surface area contributed by atoms with E-state index >= 15 is 0 Å². The van der Waals surface area contributed by atoms with Crippen LogP contribution >= 0.6 is 0 Å². The minimum Gasteiger partial charge on any atom is -0.383 e. The maximum atomic E-state index is 12.4. The van der Waals surface area contributed by atoms with Crippen molar-refractivity contribution in [3.8, 4) is 0 Å². The van der Waals surface area contributed by atoms with Crippen molar-refractivity contribution in [3.63, 3.8) is 0 Å². The monoisotopic (exact) mass is 291 g/mol. The van der Waals surface area contributed by atoms with E-state index in [1.54, 1.807) is 13.3 Å². The van der Waals surface area contributed by atoms with E-state index < -0.39 is 0 Å². The number of hydrogen-bond acceptors (Lipinski definition) is 4. The first-order chi connectivity index (χ1) is 10.3. The Hall–Kier alpha value is -1.46. The van der Waals surface area contributed by atoms with E-state index in [0.717, 1.165) is 31.5 Å². The van der Waals surface area contributed by atoms with Gasteiger partial charge in [-0.25, -0.2) is 0 Å². The number of amides is 1. The third kappa shape index (κ3) is 5.44. The highest BCUT2D eigenvalue weighted by Crippen LogP contribution is 2.09. The number of aryl methyl sites for hydroxylation is 1. The van der Waals surface area contributed by atoms with E-state index in [9.17, 15) is 4.79 Å². The van der Waals surface area contributed by atoms with E-state index in [1.165, 1.54) is 6.42 Å². The lowest BCUT2D eigenvalue weighted by molar-refractivity contribution is -0.132. The van der Waals surface area contributed by atoms with Gasteiger partial charge in [-0.2, -0.15) is 0 Å². The van der Waals surface area contributed by atoms with E-state index in [1.807, 2.05) is 23.2 Å². The van der Waals surface area contributed by atoms with Crippen LogP contribution in [-0.2, 0) is 16.0 Å². The van der Waals surface area contributed by atoms with Crippen LogP contribution in [0.2, 0.25) is 0 Å². The summed E-state index contributed by atoms with van der Waals surface area (Å²) in [5.41, 5.74) is 1.11. The fourth-order valence-corrected chi connectivity index (χ4v) is 2.65. The Labute approximate surface area is 126 Å². The molecule has 1 N–H and O–H groups in total. The van der Waals surface area contributed by atoms with Gasteiger partial charge in [0.2, 0.25) is 5.91 Å². The number of methoxy groups -OCH3 is 1. The van der Waals surface area contributed by atoms with Crippen molar-refractivity contribution >= 4 is 5.91 Å². The molecule has 0 bridgehead atoms. The van der Waals surface area contributed by atoms with Crippen LogP contribution in [0.25, 0.3) is 0 Å². The SMILES string of the molecule is COCCN(CC1CCCN1)C(=O)CCc1cccnc1. The highest BCUT2D eigenvalue weighted by atomic mass is 16.5. The first-order valence-corrected chi connectivity index (χ1v) is 7.68. The summed E-state index contributed by atoms with van der Waals surface area (Å²) in [6.07, 6.45) is 7.20. The quantitative estimate of drug-likeness (QED) is 0.783. The van der Waals surface area contributed by atoms with Crippen LogP contribution in [0.1, 0.15) is 24.8 Å². The zero-order valence-electron chi connectivity index (χ0n) is 12.8. The molecule has 2 rings (SSSR count). The molecule has 5 heteroatoms. The van der Waals surface area contributed by atoms with Crippen LogP contribution in [-0.4, -0.2) is 55.2 Å². The number of hydrogen-bond donors (Lipinski definition) is 1. The van der Waals surface area contributed by atoms with Gasteiger partial charge < -0.3 is 15.0 Å². The molecule has 0 spiro atoms. The molecule has 1 aromatic rings. The Kier molecular flexibility index (Phi) is 6.63. The highest BCUT2D eigenvalue weighted by Gasteiger charge is 2.21. The molecule has 1 aromatic heterocycles. The average Bonchev–Trinajstić information content (AvgIpc) is 3.03. The predicted molar refractivity (Wildman–Crippen MR) is 82.0 cm³/mol. The summed E-state index contributed by atoms with van der Waals surface area (Å²) in [5, 5.41) is 3.45. The number of carbonyl (C=O) groups excluding carboxylic acids is 1. The van der Waals surface area contributed by atoms with Gasteiger partial charge in [0.1, 0.15) is 0 Å². The zero-order valence-corrected chi connectivity index (χ0v) is 12.8. The summed E-state index contributed by atoms with van der Waals surface area (Å²) in [5.74, 6) is 0.199. The van der Waals surface area contributed by atoms with Crippen LogP contribution < -0.4 is 5.32 Å². The van der Waals surface area contributed by atoms with E-state index in [2.05, 4.69) is 10.3 Å². The number of nitrogens with one attached hydrogen (secondary N) is 1. The van der Waals surface area contributed by atoms with Crippen molar-refractivity contribution in [2.24, 2.45) is 0 Å². The molecule has 1 unspecified atom stereocenters. The van der Waals surface area contributed by atoms with Crippen LogP contribution in [0.5, 0.6) is 0 Å². The number of ether oxygens (including phenoxy) is 1. The number of pyridine rings is 1. The molecule has 0 aliphatic carbocycles. The summed E-state index contributed by atoms with van der Waals surface area (Å²) < 4.78 is 5.13. The minimum absolute atomic E-state index is 0.199. The molecule has 2 heterocycles. The van der Waals surface area contributed by atoms with Gasteiger partial charge >= 0.3 is 0 Å². The summed E-state index contributed by atoms with van der Waals surface area (Å²) in [6.45, 7) is 3.10. The predicted octanol–water partition coefficient (Wildman–Crippen LogP) is 1.24. The number of rotatable bonds is 8. The van der Waals surface area contributed by atoms with E-state index in [4.69, 9.17) is 4.74 Å². The van der Waals surface area contributed by atoms with Crippen LogP contribution in [0.15, 0.2) is 24.5 Å². The normalized spacial score (nSPS) is 17.9. The molecule has 5 nitrogen and oxygen atoms in total. The van der Waals surface area contributed by atoms with Gasteiger partial charge in [0, 0.05) is 45.1 Å². The van der Waals surface area contributed by atoms with Gasteiger partial charge in [0.05, 0.1) is 6.61 Å². The molecule has 1 amide bonds. The van der Waals surface area contributed by atoms with Crippen molar-refractivity contribution < 1.29 is 9.53 Å². The Morgan fingerprint density at radius 1 is 1.57 bits per heavy atom. The first kappa shape index (κ1) is 15.9. The third-order valence-electron chi connectivity index (χ3n) is 3.87. The first-order valence-electron chi connectivity index (χ1n) is 7.68. The second kappa shape index (κ2) is 8.74. The summed E-state index contributed by atoms with van der Waals surface area (Å²) in [7, 11) is 1.67. The van der Waals surface area contributed by atoms with Gasteiger partial charge in [-0.15, -0.1) is 0 Å². The maximum Gasteiger partial charge on any atom is 0.223 e. The van der Waals surface area contributed by atoms with Crippen LogP contribution in [0.3, 0.4) is 0 Å². The maximum absolute atomic E-state index is 12.4. The molecule has 1 fully saturated rings. The van der Waals surface area contributed by atoms with Crippen molar-refractivity contribution in [3.05, 3.63) is 30.1 Å². The van der Waals surface area contributed by atoms with Crippen molar-refractivity contribution in [1.82, 2.24) is 15.2 Å². The highest BCUT2D eigenvalue weighted by molar-refractivity contribution is 5.76. The Morgan fingerprint density at radius 3 is 3.14 bits per heavy atom. The zero-order chi connectivity index (χ0) is 14.9. The molecule has 0 radical (unpaired) electrons. The smallest absolute Gasteiger partial charge is 0.223 e. The Balaban J connectivity index is 1.83. The second-order valence-corrected chi connectivity index (χ2v) is 5.49. The number of aromatic nitrogens is 1. The Bertz CT molecular complexity index is 419. The standard InChI is InChI=1S/C16H25N3O2/c1-21-11-10-19(13-15-5-3-9-18-15)16(20)7-6-14-4-2-8-17-12-14/h2,4,8,12,15,18H,3,5-7,9-11,13H2,1H3. The molecule has 1 aliphatic rings. The molecule has 21 heavy (non-hydrogen) atoms. The lowest BCUT2D eigenvalue weighted by Gasteiger charge is -2.25. The fraction of sp³-hybridized carbons (Fsp3) is 0.625. The molecule has 116 valence electrons. The minimum atomic E-state index is 0.199. The van der Waals surface area contributed by atoms with Gasteiger partial charge in [0.15, 0.2) is 0 Å².